The van der Waals surface area contributed by atoms with Crippen molar-refractivity contribution in [2.75, 3.05) is 18.4 Å². The second-order valence-corrected chi connectivity index (χ2v) is 7.72. The van der Waals surface area contributed by atoms with Gasteiger partial charge < -0.3 is 10.2 Å². The van der Waals surface area contributed by atoms with Crippen molar-refractivity contribution in [1.29, 1.82) is 0 Å². The molecular formula is C18H18F3N2OS+. The Balaban J connectivity index is 1.48. The van der Waals surface area contributed by atoms with Crippen LogP contribution in [0.3, 0.4) is 0 Å². The molecule has 1 aromatic heterocycles. The third-order valence-electron chi connectivity index (χ3n) is 5.02. The Hall–Kier alpha value is -1.86. The highest BCUT2D eigenvalue weighted by molar-refractivity contribution is 7.10. The van der Waals surface area contributed by atoms with E-state index >= 15 is 0 Å². The maximum absolute atomic E-state index is 13.7. The lowest BCUT2D eigenvalue weighted by molar-refractivity contribution is -0.928. The van der Waals surface area contributed by atoms with Crippen molar-refractivity contribution in [2.45, 2.75) is 25.3 Å². The van der Waals surface area contributed by atoms with Gasteiger partial charge in [-0.3, -0.25) is 4.79 Å². The molecule has 0 spiro atoms. The third kappa shape index (κ3) is 3.18. The molecule has 0 radical (unpaired) electrons. The number of fused-ring (bicyclic) bond motifs is 1. The van der Waals surface area contributed by atoms with Gasteiger partial charge in [-0.05, 0) is 36.4 Å². The zero-order valence-corrected chi connectivity index (χ0v) is 14.3. The van der Waals surface area contributed by atoms with Gasteiger partial charge in [0.1, 0.15) is 6.04 Å². The number of hydrogen-bond acceptors (Lipinski definition) is 2. The average molecular weight is 367 g/mol. The molecular weight excluding hydrogens is 349 g/mol. The predicted octanol–water partition coefficient (Wildman–Crippen LogP) is 2.70. The van der Waals surface area contributed by atoms with Gasteiger partial charge in [0.05, 0.1) is 12.2 Å². The van der Waals surface area contributed by atoms with E-state index in [2.05, 4.69) is 16.8 Å². The average Bonchev–Trinajstić information content (AvgIpc) is 3.31. The molecule has 25 heavy (non-hydrogen) atoms. The van der Waals surface area contributed by atoms with Crippen LogP contribution in [0, 0.1) is 23.4 Å². The van der Waals surface area contributed by atoms with Crippen LogP contribution in [-0.2, 0) is 11.2 Å². The molecule has 2 heterocycles. The minimum Gasteiger partial charge on any atom is -0.320 e. The summed E-state index contributed by atoms with van der Waals surface area (Å²) in [5.41, 5.74) is 1.01. The highest BCUT2D eigenvalue weighted by Crippen LogP contribution is 2.42. The first-order valence-corrected chi connectivity index (χ1v) is 9.26. The Morgan fingerprint density at radius 2 is 2.00 bits per heavy atom. The maximum Gasteiger partial charge on any atom is 0.279 e. The number of benzene rings is 1. The summed E-state index contributed by atoms with van der Waals surface area (Å²) in [4.78, 5) is 14.9. The molecule has 1 amide bonds. The van der Waals surface area contributed by atoms with E-state index < -0.39 is 17.5 Å². The molecule has 132 valence electrons. The molecule has 2 atom stereocenters. The number of amides is 1. The fraction of sp³-hybridized carbons (Fsp3) is 0.389. The van der Waals surface area contributed by atoms with Crippen molar-refractivity contribution in [1.82, 2.24) is 0 Å². The number of carbonyl (C=O) groups excluding carboxylic acids is 1. The van der Waals surface area contributed by atoms with Crippen molar-refractivity contribution in [3.8, 4) is 0 Å². The second-order valence-electron chi connectivity index (χ2n) is 6.72. The Morgan fingerprint density at radius 1 is 1.20 bits per heavy atom. The summed E-state index contributed by atoms with van der Waals surface area (Å²) in [7, 11) is 0. The summed E-state index contributed by atoms with van der Waals surface area (Å²) in [6.07, 6.45) is 3.27. The van der Waals surface area contributed by atoms with Crippen molar-refractivity contribution >= 4 is 22.9 Å². The zero-order chi connectivity index (χ0) is 17.6. The van der Waals surface area contributed by atoms with Gasteiger partial charge in [0.2, 0.25) is 0 Å². The maximum atomic E-state index is 13.7. The second kappa shape index (κ2) is 6.46. The summed E-state index contributed by atoms with van der Waals surface area (Å²) in [5, 5.41) is 4.48. The lowest BCUT2D eigenvalue weighted by Crippen LogP contribution is -3.14. The lowest BCUT2D eigenvalue weighted by Gasteiger charge is -2.32. The molecule has 1 unspecified atom stereocenters. The minimum absolute atomic E-state index is 0.189. The molecule has 1 fully saturated rings. The van der Waals surface area contributed by atoms with Crippen LogP contribution < -0.4 is 10.2 Å². The Morgan fingerprint density at radius 3 is 2.76 bits per heavy atom. The number of thiophene rings is 1. The van der Waals surface area contributed by atoms with Gasteiger partial charge in [0, 0.05) is 22.8 Å². The summed E-state index contributed by atoms with van der Waals surface area (Å²) < 4.78 is 40.0. The van der Waals surface area contributed by atoms with Crippen molar-refractivity contribution in [2.24, 2.45) is 5.92 Å². The first-order valence-electron chi connectivity index (χ1n) is 8.38. The van der Waals surface area contributed by atoms with Crippen LogP contribution in [0.1, 0.15) is 29.3 Å². The van der Waals surface area contributed by atoms with Crippen LogP contribution >= 0.6 is 11.3 Å². The number of nitrogens with one attached hydrogen (secondary N) is 2. The van der Waals surface area contributed by atoms with Gasteiger partial charge in [-0.25, -0.2) is 13.2 Å². The molecule has 0 bridgehead atoms. The molecule has 2 aromatic rings. The number of rotatable bonds is 4. The number of hydrogen-bond donors (Lipinski definition) is 2. The summed E-state index contributed by atoms with van der Waals surface area (Å²) >= 11 is 1.76. The standard InChI is InChI=1S/C18H17F3N2OS/c19-12-3-4-13(17(21)16(12)20)22-15(24)9-23-7-5-14-11(6-8-25-14)18(23)10-1-2-10/h3-4,6,8,10,18H,1-2,5,7,9H2,(H,22,24)/p+1/t18-/m1/s1. The number of anilines is 1. The van der Waals surface area contributed by atoms with Crippen molar-refractivity contribution in [3.05, 3.63) is 51.5 Å². The van der Waals surface area contributed by atoms with Crippen LogP contribution in [0.15, 0.2) is 23.6 Å². The largest absolute Gasteiger partial charge is 0.320 e. The van der Waals surface area contributed by atoms with Crippen molar-refractivity contribution in [3.63, 3.8) is 0 Å². The summed E-state index contributed by atoms with van der Waals surface area (Å²) in [5.74, 6) is -3.99. The van der Waals surface area contributed by atoms with Gasteiger partial charge in [-0.15, -0.1) is 11.3 Å². The quantitative estimate of drug-likeness (QED) is 0.801. The van der Waals surface area contributed by atoms with Crippen LogP contribution in [0.5, 0.6) is 0 Å². The van der Waals surface area contributed by atoms with E-state index in [1.165, 1.54) is 23.3 Å². The molecule has 0 saturated heterocycles. The van der Waals surface area contributed by atoms with Gasteiger partial charge in [-0.2, -0.15) is 0 Å². The fourth-order valence-electron chi connectivity index (χ4n) is 3.72. The molecule has 2 aliphatic rings. The summed E-state index contributed by atoms with van der Waals surface area (Å²) in [6.45, 7) is 1.04. The molecule has 1 aliphatic carbocycles. The van der Waals surface area contributed by atoms with Gasteiger partial charge in [0.25, 0.3) is 5.91 Å². The van der Waals surface area contributed by atoms with E-state index in [0.29, 0.717) is 12.0 Å². The molecule has 3 nitrogen and oxygen atoms in total. The van der Waals surface area contributed by atoms with Gasteiger partial charge in [0.15, 0.2) is 24.0 Å². The summed E-state index contributed by atoms with van der Waals surface area (Å²) in [6, 6.07) is 4.31. The lowest BCUT2D eigenvalue weighted by atomic mass is 9.96. The molecule has 1 aliphatic heterocycles. The Labute approximate surface area is 147 Å². The third-order valence-corrected chi connectivity index (χ3v) is 6.01. The Bertz CT molecular complexity index is 819. The van der Waals surface area contributed by atoms with E-state index in [1.54, 1.807) is 11.3 Å². The smallest absolute Gasteiger partial charge is 0.279 e. The van der Waals surface area contributed by atoms with Crippen LogP contribution in [-0.4, -0.2) is 19.0 Å². The van der Waals surface area contributed by atoms with Crippen molar-refractivity contribution < 1.29 is 22.9 Å². The molecule has 7 heteroatoms. The number of halogens is 3. The topological polar surface area (TPSA) is 33.5 Å². The molecule has 1 saturated carbocycles. The highest BCUT2D eigenvalue weighted by Gasteiger charge is 2.43. The van der Waals surface area contributed by atoms with E-state index in [-0.39, 0.29) is 18.1 Å². The highest BCUT2D eigenvalue weighted by atomic mass is 32.1. The van der Waals surface area contributed by atoms with Crippen LogP contribution in [0.4, 0.5) is 18.9 Å². The van der Waals surface area contributed by atoms with Gasteiger partial charge in [-0.1, -0.05) is 0 Å². The van der Waals surface area contributed by atoms with E-state index in [1.807, 2.05) is 0 Å². The zero-order valence-electron chi connectivity index (χ0n) is 13.5. The van der Waals surface area contributed by atoms with E-state index in [9.17, 15) is 18.0 Å². The molecule has 4 rings (SSSR count). The predicted molar refractivity (Wildman–Crippen MR) is 89.1 cm³/mol. The normalized spacial score (nSPS) is 22.5. The minimum atomic E-state index is -1.57. The first-order chi connectivity index (χ1) is 12.0. The van der Waals surface area contributed by atoms with E-state index in [0.717, 1.165) is 30.0 Å². The molecule has 2 N–H and O–H groups in total. The monoisotopic (exact) mass is 367 g/mol. The van der Waals surface area contributed by atoms with Crippen LogP contribution in [0.2, 0.25) is 0 Å². The number of quaternary nitrogens is 1. The SMILES string of the molecule is O=C(C[NH+]1CCc2sccc2[C@H]1C1CC1)Nc1ccc(F)c(F)c1F. The number of carbonyl (C=O) groups is 1. The van der Waals surface area contributed by atoms with E-state index in [4.69, 9.17) is 0 Å². The fourth-order valence-corrected chi connectivity index (χ4v) is 4.65. The molecule has 1 aromatic carbocycles. The Kier molecular flexibility index (Phi) is 4.29. The first kappa shape index (κ1) is 16.6. The van der Waals surface area contributed by atoms with Gasteiger partial charge >= 0.3 is 0 Å². The van der Waals surface area contributed by atoms with Crippen LogP contribution in [0.25, 0.3) is 0 Å².